The molecular formula is C21H18N2O. The van der Waals surface area contributed by atoms with Crippen LogP contribution < -0.4 is 4.90 Å². The Kier molecular flexibility index (Phi) is 3.62. The molecule has 1 aromatic heterocycles. The number of nitrogens with zero attached hydrogens (tertiary/aromatic N) is 2. The van der Waals surface area contributed by atoms with Gasteiger partial charge in [-0.15, -0.1) is 0 Å². The molecule has 0 fully saturated rings. The SMILES string of the molecule is Cc1ccc(C(=O)N2CCc3cc(-c4cccnc4)ccc32)cc1. The van der Waals surface area contributed by atoms with Gasteiger partial charge in [0, 0.05) is 30.2 Å². The number of amides is 1. The minimum absolute atomic E-state index is 0.0721. The van der Waals surface area contributed by atoms with Crippen LogP contribution in [0.15, 0.2) is 67.0 Å². The van der Waals surface area contributed by atoms with Crippen molar-refractivity contribution in [1.29, 1.82) is 0 Å². The second-order valence-corrected chi connectivity index (χ2v) is 6.16. The number of carbonyl (C=O) groups excluding carboxylic acids is 1. The van der Waals surface area contributed by atoms with E-state index in [1.54, 1.807) is 6.20 Å². The highest BCUT2D eigenvalue weighted by Gasteiger charge is 2.25. The lowest BCUT2D eigenvalue weighted by Gasteiger charge is -2.18. The van der Waals surface area contributed by atoms with Crippen LogP contribution in [0.2, 0.25) is 0 Å². The van der Waals surface area contributed by atoms with Crippen molar-refractivity contribution in [3.8, 4) is 11.1 Å². The lowest BCUT2D eigenvalue weighted by atomic mass is 10.0. The van der Waals surface area contributed by atoms with E-state index in [9.17, 15) is 4.79 Å². The molecule has 4 rings (SSSR count). The van der Waals surface area contributed by atoms with E-state index >= 15 is 0 Å². The molecule has 118 valence electrons. The van der Waals surface area contributed by atoms with Gasteiger partial charge in [0.25, 0.3) is 5.91 Å². The normalized spacial score (nSPS) is 13.0. The van der Waals surface area contributed by atoms with E-state index < -0.39 is 0 Å². The Bertz CT molecular complexity index is 885. The lowest BCUT2D eigenvalue weighted by Crippen LogP contribution is -2.28. The molecule has 0 aliphatic carbocycles. The minimum atomic E-state index is 0.0721. The molecule has 3 nitrogen and oxygen atoms in total. The molecule has 0 saturated heterocycles. The summed E-state index contributed by atoms with van der Waals surface area (Å²) in [6.07, 6.45) is 4.53. The van der Waals surface area contributed by atoms with Gasteiger partial charge < -0.3 is 4.90 Å². The number of aromatic nitrogens is 1. The highest BCUT2D eigenvalue weighted by molar-refractivity contribution is 6.07. The second-order valence-electron chi connectivity index (χ2n) is 6.16. The number of anilines is 1. The van der Waals surface area contributed by atoms with Crippen LogP contribution in [-0.4, -0.2) is 17.4 Å². The van der Waals surface area contributed by atoms with Gasteiger partial charge in [-0.3, -0.25) is 9.78 Å². The smallest absolute Gasteiger partial charge is 0.258 e. The summed E-state index contributed by atoms with van der Waals surface area (Å²) in [5.74, 6) is 0.0721. The molecule has 1 aliphatic heterocycles. The quantitative estimate of drug-likeness (QED) is 0.708. The summed E-state index contributed by atoms with van der Waals surface area (Å²) in [4.78, 5) is 18.9. The Labute approximate surface area is 141 Å². The average molecular weight is 314 g/mol. The predicted octanol–water partition coefficient (Wildman–Crippen LogP) is 4.26. The van der Waals surface area contributed by atoms with E-state index in [0.29, 0.717) is 0 Å². The third-order valence-electron chi connectivity index (χ3n) is 4.51. The van der Waals surface area contributed by atoms with Crippen LogP contribution >= 0.6 is 0 Å². The van der Waals surface area contributed by atoms with Crippen molar-refractivity contribution in [3.05, 3.63) is 83.7 Å². The van der Waals surface area contributed by atoms with Crippen molar-refractivity contribution in [1.82, 2.24) is 4.98 Å². The Morgan fingerprint density at radius 2 is 1.88 bits per heavy atom. The summed E-state index contributed by atoms with van der Waals surface area (Å²) in [5.41, 5.74) is 6.39. The third-order valence-corrected chi connectivity index (χ3v) is 4.51. The monoisotopic (exact) mass is 314 g/mol. The molecule has 0 atom stereocenters. The maximum atomic E-state index is 12.8. The summed E-state index contributed by atoms with van der Waals surface area (Å²) in [7, 11) is 0. The lowest BCUT2D eigenvalue weighted by molar-refractivity contribution is 0.0989. The predicted molar refractivity (Wildman–Crippen MR) is 96.2 cm³/mol. The molecule has 0 bridgehead atoms. The van der Waals surface area contributed by atoms with Crippen LogP contribution in [0.5, 0.6) is 0 Å². The number of benzene rings is 2. The summed E-state index contributed by atoms with van der Waals surface area (Å²) in [6, 6.07) is 18.1. The van der Waals surface area contributed by atoms with E-state index in [0.717, 1.165) is 40.9 Å². The summed E-state index contributed by atoms with van der Waals surface area (Å²) >= 11 is 0. The van der Waals surface area contributed by atoms with Crippen molar-refractivity contribution < 1.29 is 4.79 Å². The Balaban J connectivity index is 1.65. The first-order valence-corrected chi connectivity index (χ1v) is 8.14. The highest BCUT2D eigenvalue weighted by atomic mass is 16.2. The molecule has 2 aromatic carbocycles. The Morgan fingerprint density at radius 3 is 2.62 bits per heavy atom. The third kappa shape index (κ3) is 2.58. The summed E-state index contributed by atoms with van der Waals surface area (Å²) in [6.45, 7) is 2.76. The average Bonchev–Trinajstić information content (AvgIpc) is 3.05. The van der Waals surface area contributed by atoms with Gasteiger partial charge in [-0.2, -0.15) is 0 Å². The van der Waals surface area contributed by atoms with Crippen molar-refractivity contribution in [3.63, 3.8) is 0 Å². The fraction of sp³-hybridized carbons (Fsp3) is 0.143. The molecule has 0 unspecified atom stereocenters. The van der Waals surface area contributed by atoms with Crippen molar-refractivity contribution in [2.75, 3.05) is 11.4 Å². The van der Waals surface area contributed by atoms with Crippen LogP contribution in [0.3, 0.4) is 0 Å². The Hall–Kier alpha value is -2.94. The van der Waals surface area contributed by atoms with E-state index in [1.165, 1.54) is 5.56 Å². The first kappa shape index (κ1) is 14.6. The van der Waals surface area contributed by atoms with E-state index in [1.807, 2.05) is 48.4 Å². The molecule has 3 aromatic rings. The molecule has 3 heteroatoms. The molecule has 0 N–H and O–H groups in total. The summed E-state index contributed by atoms with van der Waals surface area (Å²) < 4.78 is 0. The molecule has 0 radical (unpaired) electrons. The topological polar surface area (TPSA) is 33.2 Å². The number of carbonyl (C=O) groups is 1. The fourth-order valence-corrected chi connectivity index (χ4v) is 3.18. The second kappa shape index (κ2) is 5.93. The van der Waals surface area contributed by atoms with Gasteiger partial charge in [0.15, 0.2) is 0 Å². The Morgan fingerprint density at radius 1 is 1.04 bits per heavy atom. The van der Waals surface area contributed by atoms with Gasteiger partial charge in [0.05, 0.1) is 0 Å². The number of aryl methyl sites for hydroxylation is 1. The van der Waals surface area contributed by atoms with Gasteiger partial charge >= 0.3 is 0 Å². The molecular weight excluding hydrogens is 296 g/mol. The zero-order chi connectivity index (χ0) is 16.5. The van der Waals surface area contributed by atoms with Gasteiger partial charge in [-0.25, -0.2) is 0 Å². The van der Waals surface area contributed by atoms with Crippen LogP contribution in [0.1, 0.15) is 21.5 Å². The largest absolute Gasteiger partial charge is 0.308 e. The van der Waals surface area contributed by atoms with Crippen molar-refractivity contribution in [2.45, 2.75) is 13.3 Å². The summed E-state index contributed by atoms with van der Waals surface area (Å²) in [5, 5.41) is 0. The maximum Gasteiger partial charge on any atom is 0.258 e. The van der Waals surface area contributed by atoms with Gasteiger partial charge in [-0.1, -0.05) is 29.8 Å². The molecule has 2 heterocycles. The zero-order valence-electron chi connectivity index (χ0n) is 13.6. The van der Waals surface area contributed by atoms with Gasteiger partial charge in [-0.05, 0) is 60.4 Å². The van der Waals surface area contributed by atoms with Crippen LogP contribution in [0, 0.1) is 6.92 Å². The van der Waals surface area contributed by atoms with Crippen molar-refractivity contribution >= 4 is 11.6 Å². The first-order chi connectivity index (χ1) is 11.7. The van der Waals surface area contributed by atoms with E-state index in [4.69, 9.17) is 0 Å². The number of hydrogen-bond acceptors (Lipinski definition) is 2. The fourth-order valence-electron chi connectivity index (χ4n) is 3.18. The van der Waals surface area contributed by atoms with Crippen LogP contribution in [-0.2, 0) is 6.42 Å². The molecule has 0 saturated carbocycles. The molecule has 24 heavy (non-hydrogen) atoms. The molecule has 1 amide bonds. The standard InChI is InChI=1S/C21H18N2O/c1-15-4-6-16(7-5-15)21(24)23-12-10-18-13-17(8-9-20(18)23)19-3-2-11-22-14-19/h2-9,11,13-14H,10,12H2,1H3. The van der Waals surface area contributed by atoms with Gasteiger partial charge in [0.2, 0.25) is 0 Å². The highest BCUT2D eigenvalue weighted by Crippen LogP contribution is 2.33. The number of fused-ring (bicyclic) bond motifs is 1. The number of pyridine rings is 1. The van der Waals surface area contributed by atoms with E-state index in [-0.39, 0.29) is 5.91 Å². The minimum Gasteiger partial charge on any atom is -0.308 e. The van der Waals surface area contributed by atoms with Crippen LogP contribution in [0.4, 0.5) is 5.69 Å². The maximum absolute atomic E-state index is 12.8. The number of rotatable bonds is 2. The van der Waals surface area contributed by atoms with E-state index in [2.05, 4.69) is 29.2 Å². The van der Waals surface area contributed by atoms with Crippen LogP contribution in [0.25, 0.3) is 11.1 Å². The molecule has 1 aliphatic rings. The first-order valence-electron chi connectivity index (χ1n) is 8.14. The number of hydrogen-bond donors (Lipinski definition) is 0. The van der Waals surface area contributed by atoms with Gasteiger partial charge in [0.1, 0.15) is 0 Å². The molecule has 0 spiro atoms. The zero-order valence-corrected chi connectivity index (χ0v) is 13.6. The van der Waals surface area contributed by atoms with Crippen molar-refractivity contribution in [2.24, 2.45) is 0 Å².